The van der Waals surface area contributed by atoms with Crippen molar-refractivity contribution in [2.75, 3.05) is 13.1 Å². The number of benzene rings is 1. The van der Waals surface area contributed by atoms with E-state index < -0.39 is 5.91 Å². The quantitative estimate of drug-likeness (QED) is 0.627. The van der Waals surface area contributed by atoms with Crippen LogP contribution in [0.3, 0.4) is 0 Å². The second-order valence-corrected chi connectivity index (χ2v) is 9.89. The minimum Gasteiger partial charge on any atom is -0.298 e. The maximum Gasteiger partial charge on any atom is 0.274 e. The van der Waals surface area contributed by atoms with Crippen molar-refractivity contribution in [1.29, 1.82) is 0 Å². The van der Waals surface area contributed by atoms with E-state index >= 15 is 0 Å². The van der Waals surface area contributed by atoms with Crippen LogP contribution in [0.1, 0.15) is 60.5 Å². The van der Waals surface area contributed by atoms with Crippen LogP contribution in [-0.2, 0) is 13.0 Å². The summed E-state index contributed by atoms with van der Waals surface area (Å²) >= 11 is 0. The molecule has 5 heteroatoms. The molecule has 3 fully saturated rings. The summed E-state index contributed by atoms with van der Waals surface area (Å²) in [6.45, 7) is 5.14. The van der Waals surface area contributed by atoms with Crippen LogP contribution in [0.2, 0.25) is 0 Å². The summed E-state index contributed by atoms with van der Waals surface area (Å²) in [6.07, 6.45) is 7.78. The highest BCUT2D eigenvalue weighted by molar-refractivity contribution is 5.93. The van der Waals surface area contributed by atoms with Crippen LogP contribution in [0.5, 0.6) is 0 Å². The predicted molar refractivity (Wildman–Crippen MR) is 99.8 cm³/mol. The highest BCUT2D eigenvalue weighted by Gasteiger charge is 2.57. The van der Waals surface area contributed by atoms with Gasteiger partial charge in [-0.2, -0.15) is 0 Å². The highest BCUT2D eigenvalue weighted by Crippen LogP contribution is 2.66. The Hall–Kier alpha value is -1.46. The number of hydrogen-bond acceptors (Lipinski definition) is 3. The number of nitrogens with zero attached hydrogens (tertiary/aromatic N) is 1. The van der Waals surface area contributed by atoms with Gasteiger partial charge >= 0.3 is 0 Å². The van der Waals surface area contributed by atoms with Gasteiger partial charge in [0.15, 0.2) is 0 Å². The van der Waals surface area contributed by atoms with Crippen LogP contribution in [-0.4, -0.2) is 29.1 Å². The summed E-state index contributed by atoms with van der Waals surface area (Å²) in [5, 5.41) is 8.79. The van der Waals surface area contributed by atoms with Crippen molar-refractivity contribution in [2.24, 2.45) is 29.1 Å². The number of hydrogen-bond donors (Lipinski definition) is 2. The fraction of sp³-hybridized carbons (Fsp3) is 0.682. The number of halogens is 1. The Kier molecular flexibility index (Phi) is 4.10. The van der Waals surface area contributed by atoms with Gasteiger partial charge in [0, 0.05) is 30.8 Å². The van der Waals surface area contributed by atoms with E-state index in [1.807, 2.05) is 0 Å². The lowest BCUT2D eigenvalue weighted by atomic mass is 9.54. The van der Waals surface area contributed by atoms with Crippen LogP contribution in [0.25, 0.3) is 0 Å². The molecule has 0 saturated heterocycles. The van der Waals surface area contributed by atoms with Crippen LogP contribution < -0.4 is 5.48 Å². The van der Waals surface area contributed by atoms with Crippen molar-refractivity contribution in [3.8, 4) is 0 Å². The van der Waals surface area contributed by atoms with Crippen LogP contribution in [0.4, 0.5) is 4.39 Å². The molecular formula is C22H29FN2O2. The standard InChI is InChI=1S/C22H29FN2O2/c1-22-9-13-4-14(5-17(10-22)19(22)6-13)11-25-3-2-15-7-16(21(26)24-27)8-20(23)18(15)12-25/h7-8,13-14,17,19,27H,2-6,9-12H2,1H3,(H,24,26)/t13?,14?,17-,19?,22?/m1/s1. The number of fused-ring (bicyclic) bond motifs is 2. The zero-order valence-electron chi connectivity index (χ0n) is 16.0. The Morgan fingerprint density at radius 2 is 2.19 bits per heavy atom. The zero-order valence-corrected chi connectivity index (χ0v) is 16.0. The molecule has 3 saturated carbocycles. The number of nitrogens with one attached hydrogen (secondary N) is 1. The summed E-state index contributed by atoms with van der Waals surface area (Å²) in [4.78, 5) is 14.0. The monoisotopic (exact) mass is 372 g/mol. The molecule has 1 aromatic rings. The first-order valence-corrected chi connectivity index (χ1v) is 10.4. The zero-order chi connectivity index (χ0) is 18.8. The van der Waals surface area contributed by atoms with Crippen molar-refractivity contribution < 1.29 is 14.4 Å². The van der Waals surface area contributed by atoms with Gasteiger partial charge < -0.3 is 0 Å². The van der Waals surface area contributed by atoms with E-state index in [1.54, 1.807) is 11.5 Å². The minimum atomic E-state index is -0.653. The van der Waals surface area contributed by atoms with Crippen molar-refractivity contribution in [2.45, 2.75) is 52.0 Å². The normalized spacial score (nSPS) is 37.3. The second kappa shape index (κ2) is 6.28. The number of amides is 1. The van der Waals surface area contributed by atoms with Crippen LogP contribution in [0, 0.1) is 34.9 Å². The SMILES string of the molecule is CC12CC3CC(CN4CCc5cc(C(=O)NO)cc(F)c5C4)C[C@H](C1)C2C3. The Morgan fingerprint density at radius 1 is 1.33 bits per heavy atom. The Bertz CT molecular complexity index is 778. The molecule has 1 aromatic carbocycles. The van der Waals surface area contributed by atoms with Gasteiger partial charge in [0.1, 0.15) is 5.82 Å². The van der Waals surface area contributed by atoms with E-state index in [1.165, 1.54) is 38.2 Å². The van der Waals surface area contributed by atoms with Crippen LogP contribution >= 0.6 is 0 Å². The van der Waals surface area contributed by atoms with Gasteiger partial charge in [-0.1, -0.05) is 6.92 Å². The van der Waals surface area contributed by atoms with Crippen LogP contribution in [0.15, 0.2) is 12.1 Å². The lowest BCUT2D eigenvalue weighted by Crippen LogP contribution is -2.44. The molecule has 4 unspecified atom stereocenters. The molecule has 27 heavy (non-hydrogen) atoms. The summed E-state index contributed by atoms with van der Waals surface area (Å²) < 4.78 is 14.6. The van der Waals surface area contributed by atoms with Gasteiger partial charge in [-0.3, -0.25) is 14.9 Å². The first kappa shape index (κ1) is 17.6. The smallest absolute Gasteiger partial charge is 0.274 e. The molecule has 2 bridgehead atoms. The summed E-state index contributed by atoms with van der Waals surface area (Å²) in [6, 6.07) is 2.97. The molecule has 146 valence electrons. The molecule has 2 N–H and O–H groups in total. The van der Waals surface area contributed by atoms with E-state index in [2.05, 4.69) is 11.8 Å². The molecule has 4 aliphatic rings. The summed E-state index contributed by atoms with van der Waals surface area (Å²) in [5.41, 5.74) is 4.07. The molecule has 0 radical (unpaired) electrons. The average molecular weight is 372 g/mol. The van der Waals surface area contributed by atoms with Gasteiger partial charge in [0.25, 0.3) is 5.91 Å². The second-order valence-electron chi connectivity index (χ2n) is 9.89. The van der Waals surface area contributed by atoms with E-state index in [0.29, 0.717) is 12.0 Å². The maximum atomic E-state index is 14.6. The molecule has 1 heterocycles. The fourth-order valence-corrected chi connectivity index (χ4v) is 7.08. The predicted octanol–water partition coefficient (Wildman–Crippen LogP) is 3.77. The number of carbonyl (C=O) groups is 1. The van der Waals surface area contributed by atoms with Crippen molar-refractivity contribution >= 4 is 5.91 Å². The lowest BCUT2D eigenvalue weighted by Gasteiger charge is -2.51. The molecule has 0 spiro atoms. The first-order valence-electron chi connectivity index (χ1n) is 10.4. The van der Waals surface area contributed by atoms with Crippen molar-refractivity contribution in [3.63, 3.8) is 0 Å². The average Bonchev–Trinajstić information content (AvgIpc) is 2.78. The molecule has 3 aliphatic carbocycles. The molecule has 0 aromatic heterocycles. The van der Waals surface area contributed by atoms with Gasteiger partial charge in [-0.05, 0) is 85.3 Å². The topological polar surface area (TPSA) is 52.6 Å². The molecule has 1 amide bonds. The van der Waals surface area contributed by atoms with Crippen molar-refractivity contribution in [3.05, 3.63) is 34.6 Å². The molecule has 4 nitrogen and oxygen atoms in total. The number of rotatable bonds is 3. The Morgan fingerprint density at radius 3 is 3.00 bits per heavy atom. The van der Waals surface area contributed by atoms with Gasteiger partial charge in [-0.15, -0.1) is 0 Å². The lowest BCUT2D eigenvalue weighted by molar-refractivity contribution is -0.0197. The first-order chi connectivity index (χ1) is 12.9. The summed E-state index contributed by atoms with van der Waals surface area (Å²) in [7, 11) is 0. The summed E-state index contributed by atoms with van der Waals surface area (Å²) in [5.74, 6) is 2.58. The third-order valence-corrected chi connectivity index (χ3v) is 8.08. The highest BCUT2D eigenvalue weighted by atomic mass is 19.1. The van der Waals surface area contributed by atoms with Gasteiger partial charge in [-0.25, -0.2) is 9.87 Å². The van der Waals surface area contributed by atoms with E-state index in [-0.39, 0.29) is 11.4 Å². The number of hydroxylamine groups is 1. The molecule has 5 atom stereocenters. The van der Waals surface area contributed by atoms with E-state index in [9.17, 15) is 9.18 Å². The fourth-order valence-electron chi connectivity index (χ4n) is 7.08. The Balaban J connectivity index is 1.27. The molecular weight excluding hydrogens is 343 g/mol. The van der Waals surface area contributed by atoms with E-state index in [4.69, 9.17) is 5.21 Å². The molecule has 1 aliphatic heterocycles. The third-order valence-electron chi connectivity index (χ3n) is 8.08. The van der Waals surface area contributed by atoms with Crippen molar-refractivity contribution in [1.82, 2.24) is 10.4 Å². The molecule has 5 rings (SSSR count). The largest absolute Gasteiger partial charge is 0.298 e. The number of carbonyl (C=O) groups excluding carboxylic acids is 1. The third kappa shape index (κ3) is 2.90. The maximum absolute atomic E-state index is 14.6. The minimum absolute atomic E-state index is 0.190. The van der Waals surface area contributed by atoms with E-state index in [0.717, 1.165) is 54.3 Å². The Labute approximate surface area is 160 Å². The van der Waals surface area contributed by atoms with Gasteiger partial charge in [0.05, 0.1) is 0 Å². The van der Waals surface area contributed by atoms with Gasteiger partial charge in [0.2, 0.25) is 0 Å².